The molecule has 0 spiro atoms. The maximum atomic E-state index is 11.6. The molecule has 0 aliphatic rings. The van der Waals surface area contributed by atoms with Crippen LogP contribution >= 0.6 is 0 Å². The zero-order valence-corrected chi connectivity index (χ0v) is 13.6. The van der Waals surface area contributed by atoms with Gasteiger partial charge >= 0.3 is 0 Å². The predicted molar refractivity (Wildman–Crippen MR) is 85.7 cm³/mol. The fourth-order valence-electron chi connectivity index (χ4n) is 1.61. The molecule has 1 heterocycles. The SMILES string of the molecule is COCCNC(=NCC(=O)N(C)C)NCCCn1cccn1. The van der Waals surface area contributed by atoms with Gasteiger partial charge in [-0.3, -0.25) is 9.48 Å². The number of methoxy groups -OCH3 is 1. The topological polar surface area (TPSA) is 83.8 Å². The molecule has 8 heteroatoms. The minimum atomic E-state index is -0.0376. The lowest BCUT2D eigenvalue weighted by Gasteiger charge is -2.13. The molecule has 0 atom stereocenters. The van der Waals surface area contributed by atoms with E-state index < -0.39 is 0 Å². The van der Waals surface area contributed by atoms with Gasteiger partial charge in [0, 0.05) is 53.2 Å². The van der Waals surface area contributed by atoms with Gasteiger partial charge in [0.2, 0.25) is 5.91 Å². The molecule has 0 radical (unpaired) electrons. The highest BCUT2D eigenvalue weighted by atomic mass is 16.5. The van der Waals surface area contributed by atoms with Gasteiger partial charge in [-0.1, -0.05) is 0 Å². The molecule has 1 aromatic heterocycles. The van der Waals surface area contributed by atoms with Gasteiger partial charge in [-0.05, 0) is 12.5 Å². The van der Waals surface area contributed by atoms with Gasteiger partial charge in [-0.15, -0.1) is 0 Å². The van der Waals surface area contributed by atoms with Crippen molar-refractivity contribution in [2.75, 3.05) is 47.4 Å². The largest absolute Gasteiger partial charge is 0.383 e. The van der Waals surface area contributed by atoms with Gasteiger partial charge in [0.1, 0.15) is 6.54 Å². The number of ether oxygens (including phenoxy) is 1. The van der Waals surface area contributed by atoms with E-state index in [2.05, 4.69) is 20.7 Å². The number of aryl methyl sites for hydroxylation is 1. The fraction of sp³-hybridized carbons (Fsp3) is 0.643. The number of hydrogen-bond acceptors (Lipinski definition) is 4. The lowest BCUT2D eigenvalue weighted by Crippen LogP contribution is -2.40. The van der Waals surface area contributed by atoms with Crippen molar-refractivity contribution in [1.82, 2.24) is 25.3 Å². The van der Waals surface area contributed by atoms with Gasteiger partial charge in [0.25, 0.3) is 0 Å². The molecule has 0 aliphatic carbocycles. The van der Waals surface area contributed by atoms with E-state index in [9.17, 15) is 4.79 Å². The lowest BCUT2D eigenvalue weighted by atomic mass is 10.4. The Hall–Kier alpha value is -2.09. The Morgan fingerprint density at radius 2 is 2.14 bits per heavy atom. The van der Waals surface area contributed by atoms with Crippen LogP contribution in [-0.2, 0) is 16.1 Å². The lowest BCUT2D eigenvalue weighted by molar-refractivity contribution is -0.127. The summed E-state index contributed by atoms with van der Waals surface area (Å²) in [7, 11) is 5.08. The highest BCUT2D eigenvalue weighted by Crippen LogP contribution is 1.88. The first-order valence-electron chi connectivity index (χ1n) is 7.32. The third kappa shape index (κ3) is 7.63. The average Bonchev–Trinajstić information content (AvgIpc) is 3.01. The third-order valence-corrected chi connectivity index (χ3v) is 2.89. The summed E-state index contributed by atoms with van der Waals surface area (Å²) in [6.07, 6.45) is 4.61. The number of nitrogens with one attached hydrogen (secondary N) is 2. The first-order valence-corrected chi connectivity index (χ1v) is 7.32. The van der Waals surface area contributed by atoms with Crippen molar-refractivity contribution in [3.8, 4) is 0 Å². The van der Waals surface area contributed by atoms with E-state index in [1.165, 1.54) is 4.90 Å². The summed E-state index contributed by atoms with van der Waals surface area (Å²) in [6, 6.07) is 1.90. The number of hydrogen-bond donors (Lipinski definition) is 2. The number of guanidine groups is 1. The van der Waals surface area contributed by atoms with E-state index in [1.807, 2.05) is 16.9 Å². The number of likely N-dealkylation sites (N-methyl/N-ethyl adjacent to an activating group) is 1. The van der Waals surface area contributed by atoms with Crippen molar-refractivity contribution < 1.29 is 9.53 Å². The summed E-state index contributed by atoms with van der Waals surface area (Å²) < 4.78 is 6.88. The van der Waals surface area contributed by atoms with E-state index in [4.69, 9.17) is 4.74 Å². The molecule has 0 unspecified atom stereocenters. The van der Waals surface area contributed by atoms with Gasteiger partial charge in [-0.2, -0.15) is 5.10 Å². The van der Waals surface area contributed by atoms with Crippen LogP contribution in [-0.4, -0.2) is 74.0 Å². The van der Waals surface area contributed by atoms with Crippen LogP contribution in [0.4, 0.5) is 0 Å². The number of carbonyl (C=O) groups is 1. The number of rotatable bonds is 9. The van der Waals surface area contributed by atoms with Crippen molar-refractivity contribution in [3.05, 3.63) is 18.5 Å². The van der Waals surface area contributed by atoms with Crippen LogP contribution in [0.5, 0.6) is 0 Å². The second-order valence-corrected chi connectivity index (χ2v) is 4.92. The standard InChI is InChI=1S/C14H26N6O2/c1-19(2)13(21)12-17-14(16-8-11-22-3)15-6-4-9-20-10-5-7-18-20/h5,7,10H,4,6,8-9,11-12H2,1-3H3,(H2,15,16,17). The molecule has 1 aromatic rings. The van der Waals surface area contributed by atoms with Gasteiger partial charge < -0.3 is 20.3 Å². The molecule has 0 fully saturated rings. The molecule has 0 aliphatic heterocycles. The van der Waals surface area contributed by atoms with E-state index in [1.54, 1.807) is 27.4 Å². The summed E-state index contributed by atoms with van der Waals surface area (Å²) in [5, 5.41) is 10.5. The number of aliphatic imine (C=N–C) groups is 1. The molecule has 0 saturated carbocycles. The van der Waals surface area contributed by atoms with Gasteiger partial charge in [-0.25, -0.2) is 4.99 Å². The van der Waals surface area contributed by atoms with Crippen LogP contribution in [0.1, 0.15) is 6.42 Å². The number of amides is 1. The van der Waals surface area contributed by atoms with E-state index in [0.29, 0.717) is 19.1 Å². The number of nitrogens with zero attached hydrogens (tertiary/aromatic N) is 4. The quantitative estimate of drug-likeness (QED) is 0.366. The van der Waals surface area contributed by atoms with Crippen LogP contribution < -0.4 is 10.6 Å². The Labute approximate surface area is 131 Å². The van der Waals surface area contributed by atoms with Crippen molar-refractivity contribution >= 4 is 11.9 Å². The van der Waals surface area contributed by atoms with E-state index in [0.717, 1.165) is 19.5 Å². The molecule has 0 bridgehead atoms. The Bertz CT molecular complexity index is 444. The molecule has 0 saturated heterocycles. The first-order chi connectivity index (χ1) is 10.6. The van der Waals surface area contributed by atoms with Crippen LogP contribution in [0, 0.1) is 0 Å². The summed E-state index contributed by atoms with van der Waals surface area (Å²) >= 11 is 0. The molecular weight excluding hydrogens is 284 g/mol. The van der Waals surface area contributed by atoms with E-state index >= 15 is 0 Å². The molecular formula is C14H26N6O2. The smallest absolute Gasteiger partial charge is 0.243 e. The zero-order chi connectivity index (χ0) is 16.2. The molecule has 0 aromatic carbocycles. The maximum absolute atomic E-state index is 11.6. The monoisotopic (exact) mass is 310 g/mol. The summed E-state index contributed by atoms with van der Waals surface area (Å²) in [4.78, 5) is 17.4. The van der Waals surface area contributed by atoms with Crippen LogP contribution in [0.2, 0.25) is 0 Å². The highest BCUT2D eigenvalue weighted by molar-refractivity contribution is 5.84. The maximum Gasteiger partial charge on any atom is 0.243 e. The van der Waals surface area contributed by atoms with Crippen LogP contribution in [0.25, 0.3) is 0 Å². The second-order valence-electron chi connectivity index (χ2n) is 4.92. The normalized spacial score (nSPS) is 11.3. The minimum Gasteiger partial charge on any atom is -0.383 e. The fourth-order valence-corrected chi connectivity index (χ4v) is 1.61. The Balaban J connectivity index is 2.35. The molecule has 1 amide bonds. The number of aromatic nitrogens is 2. The Morgan fingerprint density at radius 1 is 1.36 bits per heavy atom. The van der Waals surface area contributed by atoms with Crippen molar-refractivity contribution in [3.63, 3.8) is 0 Å². The molecule has 8 nitrogen and oxygen atoms in total. The predicted octanol–water partition coefficient (Wildman–Crippen LogP) is -0.457. The van der Waals surface area contributed by atoms with E-state index in [-0.39, 0.29) is 12.5 Å². The summed E-state index contributed by atoms with van der Waals surface area (Å²) in [6.45, 7) is 2.92. The Morgan fingerprint density at radius 3 is 2.77 bits per heavy atom. The molecule has 124 valence electrons. The average molecular weight is 310 g/mol. The number of carbonyl (C=O) groups excluding carboxylic acids is 1. The second kappa shape index (κ2) is 10.6. The van der Waals surface area contributed by atoms with Gasteiger partial charge in [0.15, 0.2) is 5.96 Å². The summed E-state index contributed by atoms with van der Waals surface area (Å²) in [5.41, 5.74) is 0. The molecule has 1 rings (SSSR count). The van der Waals surface area contributed by atoms with Crippen molar-refractivity contribution in [2.45, 2.75) is 13.0 Å². The Kier molecular flexibility index (Phi) is 8.66. The third-order valence-electron chi connectivity index (χ3n) is 2.89. The molecule has 22 heavy (non-hydrogen) atoms. The van der Waals surface area contributed by atoms with Crippen molar-refractivity contribution in [1.29, 1.82) is 0 Å². The molecule has 2 N–H and O–H groups in total. The first kappa shape index (κ1) is 18.0. The zero-order valence-electron chi connectivity index (χ0n) is 13.6. The van der Waals surface area contributed by atoms with Crippen LogP contribution in [0.3, 0.4) is 0 Å². The summed E-state index contributed by atoms with van der Waals surface area (Å²) in [5.74, 6) is 0.581. The van der Waals surface area contributed by atoms with Crippen molar-refractivity contribution in [2.24, 2.45) is 4.99 Å². The highest BCUT2D eigenvalue weighted by Gasteiger charge is 2.04. The minimum absolute atomic E-state index is 0.0376. The van der Waals surface area contributed by atoms with Crippen LogP contribution in [0.15, 0.2) is 23.5 Å². The van der Waals surface area contributed by atoms with Gasteiger partial charge in [0.05, 0.1) is 6.61 Å².